The van der Waals surface area contributed by atoms with Crippen molar-refractivity contribution >= 4 is 5.71 Å². The van der Waals surface area contributed by atoms with Crippen molar-refractivity contribution in [2.75, 3.05) is 0 Å². The van der Waals surface area contributed by atoms with Gasteiger partial charge in [-0.3, -0.25) is 0 Å². The fourth-order valence-corrected chi connectivity index (χ4v) is 0.344. The normalized spacial score (nSPS) is 11.5. The van der Waals surface area contributed by atoms with Gasteiger partial charge in [0.15, 0.2) is 0 Å². The van der Waals surface area contributed by atoms with Crippen LogP contribution in [0.25, 0.3) is 0 Å². The minimum atomic E-state index is 0.0255. The van der Waals surface area contributed by atoms with Crippen LogP contribution in [0.2, 0.25) is 0 Å². The van der Waals surface area contributed by atoms with Crippen molar-refractivity contribution in [1.82, 2.24) is 0 Å². The molecule has 0 rings (SSSR count). The Balaban J connectivity index is 3.75. The van der Waals surface area contributed by atoms with Gasteiger partial charge >= 0.3 is 0 Å². The molecule has 0 aliphatic carbocycles. The zero-order chi connectivity index (χ0) is 6.57. The summed E-state index contributed by atoms with van der Waals surface area (Å²) in [5.74, 6) is 0.0255. The van der Waals surface area contributed by atoms with Gasteiger partial charge < -0.3 is 10.5 Å². The van der Waals surface area contributed by atoms with E-state index in [-0.39, 0.29) is 5.76 Å². The Morgan fingerprint density at radius 3 is 2.38 bits per heavy atom. The Hall–Kier alpha value is -0.790. The molecule has 2 nitrogen and oxygen atoms in total. The number of hydrogen-bond donors (Lipinski definition) is 1. The van der Waals surface area contributed by atoms with Gasteiger partial charge in [-0.1, -0.05) is 13.0 Å². The number of rotatable bonds is 2. The topological polar surface area (TPSA) is 46.9 Å². The predicted octanol–water partition coefficient (Wildman–Crippen LogP) is 0.680. The van der Waals surface area contributed by atoms with Gasteiger partial charge in [0.05, 0.1) is 0 Å². The monoisotopic (exact) mass is 112 g/mol. The van der Waals surface area contributed by atoms with Gasteiger partial charge in [-0.15, -0.1) is 5.76 Å². The molecule has 0 atom stereocenters. The Kier molecular flexibility index (Phi) is 2.92. The standard InChI is InChI=1S/C6H11NO/c1-3-6(8)4-5(2)7/h4,7-8H,3H2,1-2H3/p-1/b6-4-,7-5?. The molecule has 0 aromatic carbocycles. The van der Waals surface area contributed by atoms with E-state index in [1.807, 2.05) is 0 Å². The van der Waals surface area contributed by atoms with Crippen LogP contribution in [0.5, 0.6) is 0 Å². The van der Waals surface area contributed by atoms with Gasteiger partial charge in [0.2, 0.25) is 0 Å². The lowest BCUT2D eigenvalue weighted by Gasteiger charge is -2.05. The summed E-state index contributed by atoms with van der Waals surface area (Å²) in [6, 6.07) is 0. The molecular weight excluding hydrogens is 102 g/mol. The Morgan fingerprint density at radius 2 is 2.25 bits per heavy atom. The number of allylic oxidation sites excluding steroid dienone is 2. The van der Waals surface area contributed by atoms with Crippen molar-refractivity contribution in [2.24, 2.45) is 0 Å². The molecule has 0 aliphatic heterocycles. The van der Waals surface area contributed by atoms with Gasteiger partial charge in [0, 0.05) is 5.71 Å². The molecular formula is C6H10NO-. The maximum Gasteiger partial charge on any atom is 0.0273 e. The van der Waals surface area contributed by atoms with Crippen LogP contribution in [0.1, 0.15) is 20.3 Å². The number of nitrogens with one attached hydrogen (secondary N) is 1. The molecule has 1 N–H and O–H groups in total. The molecule has 0 spiro atoms. The molecule has 0 aliphatic rings. The van der Waals surface area contributed by atoms with Crippen LogP contribution in [-0.2, 0) is 0 Å². The summed E-state index contributed by atoms with van der Waals surface area (Å²) in [4.78, 5) is 0. The first-order valence-electron chi connectivity index (χ1n) is 2.59. The molecule has 0 aromatic rings. The average molecular weight is 112 g/mol. The smallest absolute Gasteiger partial charge is 0.0273 e. The lowest BCUT2D eigenvalue weighted by Crippen LogP contribution is -2.03. The minimum absolute atomic E-state index is 0.0255. The highest BCUT2D eigenvalue weighted by molar-refractivity contribution is 5.90. The van der Waals surface area contributed by atoms with E-state index in [2.05, 4.69) is 0 Å². The summed E-state index contributed by atoms with van der Waals surface area (Å²) in [5.41, 5.74) is 0.330. The maximum absolute atomic E-state index is 10.4. The SMILES string of the molecule is CC/C([O-])=C/C(C)=N. The highest BCUT2D eigenvalue weighted by Gasteiger charge is 1.76. The summed E-state index contributed by atoms with van der Waals surface area (Å²) < 4.78 is 0. The van der Waals surface area contributed by atoms with Crippen LogP contribution in [-0.4, -0.2) is 5.71 Å². The molecule has 0 radical (unpaired) electrons. The van der Waals surface area contributed by atoms with E-state index in [9.17, 15) is 5.11 Å². The molecule has 0 bridgehead atoms. The molecule has 0 fully saturated rings. The largest absolute Gasteiger partial charge is 0.875 e. The quantitative estimate of drug-likeness (QED) is 0.414. The minimum Gasteiger partial charge on any atom is -0.875 e. The second-order valence-electron chi connectivity index (χ2n) is 1.65. The third-order valence-corrected chi connectivity index (χ3v) is 0.726. The van der Waals surface area contributed by atoms with E-state index < -0.39 is 0 Å². The van der Waals surface area contributed by atoms with Crippen LogP contribution in [0.3, 0.4) is 0 Å². The zero-order valence-electron chi connectivity index (χ0n) is 5.19. The van der Waals surface area contributed by atoms with Crippen LogP contribution in [0.4, 0.5) is 0 Å². The van der Waals surface area contributed by atoms with E-state index in [0.717, 1.165) is 0 Å². The first-order valence-corrected chi connectivity index (χ1v) is 2.59. The maximum atomic E-state index is 10.4. The van der Waals surface area contributed by atoms with Crippen molar-refractivity contribution in [3.8, 4) is 0 Å². The molecule has 2 heteroatoms. The van der Waals surface area contributed by atoms with Crippen molar-refractivity contribution in [3.63, 3.8) is 0 Å². The van der Waals surface area contributed by atoms with E-state index in [1.165, 1.54) is 6.08 Å². The zero-order valence-corrected chi connectivity index (χ0v) is 5.19. The highest BCUT2D eigenvalue weighted by Crippen LogP contribution is 1.88. The first kappa shape index (κ1) is 7.21. The van der Waals surface area contributed by atoms with E-state index >= 15 is 0 Å². The summed E-state index contributed by atoms with van der Waals surface area (Å²) in [6.07, 6.45) is 1.83. The lowest BCUT2D eigenvalue weighted by atomic mass is 10.3. The second kappa shape index (κ2) is 3.24. The van der Waals surface area contributed by atoms with Gasteiger partial charge in [0.25, 0.3) is 0 Å². The average Bonchev–Trinajstić information content (AvgIpc) is 1.65. The van der Waals surface area contributed by atoms with Crippen LogP contribution >= 0.6 is 0 Å². The Labute approximate surface area is 49.4 Å². The number of hydrogen-bond acceptors (Lipinski definition) is 2. The first-order chi connectivity index (χ1) is 3.66. The molecule has 46 valence electrons. The van der Waals surface area contributed by atoms with Gasteiger partial charge in [-0.25, -0.2) is 0 Å². The molecule has 0 aromatic heterocycles. The van der Waals surface area contributed by atoms with E-state index in [1.54, 1.807) is 13.8 Å². The van der Waals surface area contributed by atoms with E-state index in [0.29, 0.717) is 12.1 Å². The summed E-state index contributed by atoms with van der Waals surface area (Å²) in [7, 11) is 0. The summed E-state index contributed by atoms with van der Waals surface area (Å²) in [5, 5.41) is 17.3. The third-order valence-electron chi connectivity index (χ3n) is 0.726. The Bertz CT molecular complexity index is 116. The lowest BCUT2D eigenvalue weighted by molar-refractivity contribution is -0.305. The van der Waals surface area contributed by atoms with Crippen molar-refractivity contribution in [2.45, 2.75) is 20.3 Å². The molecule has 0 saturated heterocycles. The van der Waals surface area contributed by atoms with Gasteiger partial charge in [0.1, 0.15) is 0 Å². The second-order valence-corrected chi connectivity index (χ2v) is 1.65. The molecule has 0 unspecified atom stereocenters. The third kappa shape index (κ3) is 3.40. The van der Waals surface area contributed by atoms with Crippen LogP contribution < -0.4 is 5.11 Å². The Morgan fingerprint density at radius 1 is 1.75 bits per heavy atom. The van der Waals surface area contributed by atoms with Crippen molar-refractivity contribution in [1.29, 1.82) is 5.41 Å². The fourth-order valence-electron chi connectivity index (χ4n) is 0.344. The fraction of sp³-hybridized carbons (Fsp3) is 0.500. The highest BCUT2D eigenvalue weighted by atomic mass is 16.3. The summed E-state index contributed by atoms with van der Waals surface area (Å²) in [6.45, 7) is 3.37. The molecule has 0 saturated carbocycles. The van der Waals surface area contributed by atoms with Crippen molar-refractivity contribution < 1.29 is 5.11 Å². The predicted molar refractivity (Wildman–Crippen MR) is 31.8 cm³/mol. The van der Waals surface area contributed by atoms with E-state index in [4.69, 9.17) is 5.41 Å². The van der Waals surface area contributed by atoms with Crippen molar-refractivity contribution in [3.05, 3.63) is 11.8 Å². The molecule has 8 heavy (non-hydrogen) atoms. The molecule has 0 amide bonds. The van der Waals surface area contributed by atoms with Gasteiger partial charge in [-0.05, 0) is 13.3 Å². The van der Waals surface area contributed by atoms with Gasteiger partial charge in [-0.2, -0.15) is 0 Å². The van der Waals surface area contributed by atoms with Crippen LogP contribution in [0.15, 0.2) is 11.8 Å². The summed E-state index contributed by atoms with van der Waals surface area (Å²) >= 11 is 0. The molecule has 0 heterocycles. The van der Waals surface area contributed by atoms with Crippen LogP contribution in [0, 0.1) is 5.41 Å².